The number of halogens is 1. The molecule has 0 aliphatic heterocycles. The smallest absolute Gasteiger partial charge is 0.444 e. The molecule has 0 amide bonds. The van der Waals surface area contributed by atoms with E-state index < -0.39 is 31.5 Å². The Morgan fingerprint density at radius 1 is 1.33 bits per heavy atom. The van der Waals surface area contributed by atoms with Gasteiger partial charge in [0.15, 0.2) is 11.7 Å². The maximum Gasteiger partial charge on any atom is 0.469 e. The molecular weight excluding hydrogens is 478 g/mol. The largest absolute Gasteiger partial charge is 0.469 e. The lowest BCUT2D eigenvalue weighted by Gasteiger charge is -2.08. The van der Waals surface area contributed by atoms with E-state index >= 15 is 0 Å². The van der Waals surface area contributed by atoms with E-state index in [1.165, 1.54) is 29.0 Å². The zero-order valence-electron chi connectivity index (χ0n) is 17.5. The minimum Gasteiger partial charge on any atom is -0.444 e. The SMILES string of the molecule is CC[C@@H](O)c1csc(C(=O)c2cn(COC(=O)CCCOP(=O)(O)O)c3cc(F)ccc23)n1. The quantitative estimate of drug-likeness (QED) is 0.156. The first kappa shape index (κ1) is 25.2. The number of hydrogen-bond donors (Lipinski definition) is 3. The molecule has 3 rings (SSSR count). The zero-order chi connectivity index (χ0) is 24.2. The van der Waals surface area contributed by atoms with Gasteiger partial charge in [0.1, 0.15) is 5.82 Å². The number of aromatic nitrogens is 2. The molecule has 1 aromatic carbocycles. The van der Waals surface area contributed by atoms with Crippen molar-refractivity contribution in [2.75, 3.05) is 6.61 Å². The highest BCUT2D eigenvalue weighted by atomic mass is 32.1. The van der Waals surface area contributed by atoms with E-state index in [0.717, 1.165) is 11.3 Å². The Bertz CT molecular complexity index is 1200. The number of fused-ring (bicyclic) bond motifs is 1. The van der Waals surface area contributed by atoms with E-state index in [0.29, 0.717) is 23.0 Å². The first-order valence-corrected chi connectivity index (χ1v) is 12.3. The molecule has 0 spiro atoms. The van der Waals surface area contributed by atoms with Gasteiger partial charge in [0.2, 0.25) is 5.78 Å². The van der Waals surface area contributed by atoms with Gasteiger partial charge in [-0.2, -0.15) is 0 Å². The molecule has 178 valence electrons. The van der Waals surface area contributed by atoms with E-state index in [1.807, 2.05) is 0 Å². The Morgan fingerprint density at radius 2 is 2.09 bits per heavy atom. The topological polar surface area (TPSA) is 148 Å². The van der Waals surface area contributed by atoms with Gasteiger partial charge < -0.3 is 24.2 Å². The van der Waals surface area contributed by atoms with Crippen molar-refractivity contribution in [3.05, 3.63) is 51.9 Å². The summed E-state index contributed by atoms with van der Waals surface area (Å²) in [6, 6.07) is 3.87. The van der Waals surface area contributed by atoms with Gasteiger partial charge in [-0.05, 0) is 31.0 Å². The summed E-state index contributed by atoms with van der Waals surface area (Å²) in [7, 11) is -4.60. The van der Waals surface area contributed by atoms with E-state index in [-0.39, 0.29) is 36.8 Å². The standard InChI is InChI=1S/C20H22FN2O8PS/c1-2-17(24)15-10-33-20(22-15)19(26)14-9-23(16-8-12(21)5-6-13(14)16)11-30-18(25)4-3-7-31-32(27,28)29/h5-6,8-10,17,24H,2-4,7,11H2,1H3,(H2,27,28,29)/t17-/m1/s1. The maximum atomic E-state index is 13.9. The Kier molecular flexibility index (Phi) is 8.11. The predicted molar refractivity (Wildman–Crippen MR) is 116 cm³/mol. The second kappa shape index (κ2) is 10.6. The van der Waals surface area contributed by atoms with Gasteiger partial charge in [-0.1, -0.05) is 6.92 Å². The van der Waals surface area contributed by atoms with Crippen LogP contribution in [-0.4, -0.2) is 42.8 Å². The minimum absolute atomic E-state index is 0.0325. The van der Waals surface area contributed by atoms with Gasteiger partial charge in [-0.25, -0.2) is 13.9 Å². The van der Waals surface area contributed by atoms with Crippen molar-refractivity contribution in [1.29, 1.82) is 0 Å². The molecule has 2 aromatic heterocycles. The van der Waals surface area contributed by atoms with Crippen molar-refractivity contribution in [2.45, 2.75) is 39.0 Å². The lowest BCUT2D eigenvalue weighted by Crippen LogP contribution is -2.10. The number of rotatable bonds is 11. The van der Waals surface area contributed by atoms with Crippen molar-refractivity contribution in [2.24, 2.45) is 0 Å². The lowest BCUT2D eigenvalue weighted by molar-refractivity contribution is -0.147. The summed E-state index contributed by atoms with van der Waals surface area (Å²) in [5.41, 5.74) is 0.974. The molecule has 33 heavy (non-hydrogen) atoms. The normalized spacial score (nSPS) is 12.8. The number of carbonyl (C=O) groups excluding carboxylic acids is 2. The summed E-state index contributed by atoms with van der Waals surface area (Å²) in [4.78, 5) is 46.4. The van der Waals surface area contributed by atoms with Crippen LogP contribution in [0.2, 0.25) is 0 Å². The summed E-state index contributed by atoms with van der Waals surface area (Å²) < 4.78 is 35.3. The zero-order valence-corrected chi connectivity index (χ0v) is 19.2. The van der Waals surface area contributed by atoms with Gasteiger partial charge in [0.05, 0.1) is 29.5 Å². The molecule has 1 atom stereocenters. The van der Waals surface area contributed by atoms with Gasteiger partial charge >= 0.3 is 13.8 Å². The van der Waals surface area contributed by atoms with E-state index in [2.05, 4.69) is 9.51 Å². The molecule has 10 nitrogen and oxygen atoms in total. The van der Waals surface area contributed by atoms with Gasteiger partial charge in [-0.3, -0.25) is 14.1 Å². The molecule has 2 heterocycles. The van der Waals surface area contributed by atoms with Crippen molar-refractivity contribution in [1.82, 2.24) is 9.55 Å². The molecule has 0 saturated carbocycles. The number of nitrogens with zero attached hydrogens (tertiary/aromatic N) is 2. The fourth-order valence-electron chi connectivity index (χ4n) is 3.03. The highest BCUT2D eigenvalue weighted by Gasteiger charge is 2.22. The number of carbonyl (C=O) groups is 2. The van der Waals surface area contributed by atoms with Crippen molar-refractivity contribution >= 4 is 41.8 Å². The van der Waals surface area contributed by atoms with Crippen LogP contribution < -0.4 is 0 Å². The van der Waals surface area contributed by atoms with Crippen LogP contribution in [-0.2, 0) is 25.4 Å². The number of ketones is 1. The van der Waals surface area contributed by atoms with Crippen LogP contribution in [0.25, 0.3) is 10.9 Å². The van der Waals surface area contributed by atoms with Crippen molar-refractivity contribution < 1.29 is 42.7 Å². The molecule has 0 fully saturated rings. The first-order chi connectivity index (χ1) is 15.6. The Labute approximate surface area is 191 Å². The van der Waals surface area contributed by atoms with Crippen LogP contribution in [0.4, 0.5) is 4.39 Å². The molecule has 0 radical (unpaired) electrons. The second-order valence-corrected chi connectivity index (χ2v) is 9.17. The summed E-state index contributed by atoms with van der Waals surface area (Å²) in [6.45, 7) is 1.17. The number of aliphatic hydroxyl groups excluding tert-OH is 1. The molecule has 3 aromatic rings. The first-order valence-electron chi connectivity index (χ1n) is 9.91. The number of ether oxygens (including phenoxy) is 1. The number of thiazole rings is 1. The summed E-state index contributed by atoms with van der Waals surface area (Å²) in [6.07, 6.45) is 0.997. The van der Waals surface area contributed by atoms with Crippen LogP contribution in [0.1, 0.15) is 53.3 Å². The molecule has 0 aliphatic carbocycles. The van der Waals surface area contributed by atoms with Crippen LogP contribution in [0.5, 0.6) is 0 Å². The molecule has 0 aliphatic rings. The average Bonchev–Trinajstić information content (AvgIpc) is 3.39. The number of benzene rings is 1. The fraction of sp³-hybridized carbons (Fsp3) is 0.350. The number of aliphatic hydroxyl groups is 1. The number of hydrogen-bond acceptors (Lipinski definition) is 8. The Hall–Kier alpha value is -2.47. The van der Waals surface area contributed by atoms with Crippen molar-refractivity contribution in [3.63, 3.8) is 0 Å². The third-order valence-electron chi connectivity index (χ3n) is 4.68. The monoisotopic (exact) mass is 500 g/mol. The molecule has 0 bridgehead atoms. The summed E-state index contributed by atoms with van der Waals surface area (Å²) in [5, 5.41) is 12.2. The maximum absolute atomic E-state index is 13.9. The lowest BCUT2D eigenvalue weighted by atomic mass is 10.1. The summed E-state index contributed by atoms with van der Waals surface area (Å²) in [5.74, 6) is -1.61. The fourth-order valence-corrected chi connectivity index (χ4v) is 4.22. The Balaban J connectivity index is 1.75. The molecule has 13 heteroatoms. The molecular formula is C20H22FN2O8PS. The van der Waals surface area contributed by atoms with Gasteiger partial charge in [0.25, 0.3) is 0 Å². The minimum atomic E-state index is -4.60. The van der Waals surface area contributed by atoms with Crippen LogP contribution in [0.15, 0.2) is 29.8 Å². The van der Waals surface area contributed by atoms with E-state index in [4.69, 9.17) is 14.5 Å². The van der Waals surface area contributed by atoms with Crippen LogP contribution in [0, 0.1) is 5.82 Å². The van der Waals surface area contributed by atoms with Crippen LogP contribution in [0.3, 0.4) is 0 Å². The average molecular weight is 500 g/mol. The predicted octanol–water partition coefficient (Wildman–Crippen LogP) is 3.30. The van der Waals surface area contributed by atoms with Gasteiger partial charge in [-0.15, -0.1) is 11.3 Å². The number of phosphoric ester groups is 1. The summed E-state index contributed by atoms with van der Waals surface area (Å²) >= 11 is 1.09. The highest BCUT2D eigenvalue weighted by Crippen LogP contribution is 2.35. The molecule has 0 saturated heterocycles. The Morgan fingerprint density at radius 3 is 2.79 bits per heavy atom. The third kappa shape index (κ3) is 6.53. The van der Waals surface area contributed by atoms with Crippen molar-refractivity contribution in [3.8, 4) is 0 Å². The number of phosphoric acid groups is 1. The third-order valence-corrected chi connectivity index (χ3v) is 6.06. The second-order valence-electron chi connectivity index (χ2n) is 7.08. The van der Waals surface area contributed by atoms with E-state index in [9.17, 15) is 23.7 Å². The van der Waals surface area contributed by atoms with E-state index in [1.54, 1.807) is 12.3 Å². The number of esters is 1. The van der Waals surface area contributed by atoms with Gasteiger partial charge in [0, 0.05) is 23.4 Å². The van der Waals surface area contributed by atoms with Crippen LogP contribution >= 0.6 is 19.2 Å². The highest BCUT2D eigenvalue weighted by molar-refractivity contribution is 7.46. The molecule has 3 N–H and O–H groups in total. The molecule has 0 unspecified atom stereocenters.